The second kappa shape index (κ2) is 9.84. The summed E-state index contributed by atoms with van der Waals surface area (Å²) in [5.74, 6) is 0.723. The molecule has 2 aromatic carbocycles. The van der Waals surface area contributed by atoms with E-state index in [9.17, 15) is 9.59 Å². The zero-order valence-electron chi connectivity index (χ0n) is 21.2. The average molecular weight is 542 g/mol. The molecule has 6 rings (SSSR count). The fourth-order valence-corrected chi connectivity index (χ4v) is 5.01. The standard InChI is InChI=1S/C27H24ClN9O2/c1-35(2)27(39)31-19-6-3-16(4-7-19)22-14-29-26(32-22)24-10-8-20-11-17(12-25(38)37(20)24)21-13-18(28)5-9-23(21)36-15-30-33-34-36/h3-7,9,11-15,24H,8,10H2,1-2H3,(H,29,32)(H,31,39)/t24-/m0/s1. The highest BCUT2D eigenvalue weighted by Gasteiger charge is 2.28. The summed E-state index contributed by atoms with van der Waals surface area (Å²) < 4.78 is 3.35. The molecule has 196 valence electrons. The lowest BCUT2D eigenvalue weighted by molar-refractivity contribution is 0.230. The Kier molecular flexibility index (Phi) is 6.20. The molecule has 39 heavy (non-hydrogen) atoms. The third-order valence-electron chi connectivity index (χ3n) is 6.76. The summed E-state index contributed by atoms with van der Waals surface area (Å²) in [4.78, 5) is 34.8. The van der Waals surface area contributed by atoms with Crippen LogP contribution in [0.1, 0.15) is 24.0 Å². The van der Waals surface area contributed by atoms with Crippen LogP contribution in [0, 0.1) is 0 Å². The molecule has 1 aliphatic rings. The van der Waals surface area contributed by atoms with Crippen LogP contribution >= 0.6 is 11.6 Å². The lowest BCUT2D eigenvalue weighted by atomic mass is 10.0. The van der Waals surface area contributed by atoms with Gasteiger partial charge in [0, 0.05) is 42.1 Å². The number of tetrazole rings is 1. The van der Waals surface area contributed by atoms with E-state index in [0.717, 1.165) is 52.4 Å². The largest absolute Gasteiger partial charge is 0.340 e. The predicted molar refractivity (Wildman–Crippen MR) is 147 cm³/mol. The van der Waals surface area contributed by atoms with Crippen LogP contribution in [0.3, 0.4) is 0 Å². The number of aromatic nitrogens is 7. The highest BCUT2D eigenvalue weighted by atomic mass is 35.5. The molecule has 0 unspecified atom stereocenters. The molecule has 12 heteroatoms. The van der Waals surface area contributed by atoms with Crippen molar-refractivity contribution in [1.29, 1.82) is 0 Å². The van der Waals surface area contributed by atoms with Gasteiger partial charge in [0.25, 0.3) is 5.56 Å². The maximum absolute atomic E-state index is 13.4. The van der Waals surface area contributed by atoms with Gasteiger partial charge >= 0.3 is 6.03 Å². The fraction of sp³-hybridized carbons (Fsp3) is 0.185. The van der Waals surface area contributed by atoms with E-state index >= 15 is 0 Å². The van der Waals surface area contributed by atoms with Gasteiger partial charge in [-0.05, 0) is 70.8 Å². The Hall–Kier alpha value is -4.77. The number of aromatic amines is 1. The summed E-state index contributed by atoms with van der Waals surface area (Å²) >= 11 is 6.31. The number of carbonyl (C=O) groups excluding carboxylic acids is 1. The first-order valence-electron chi connectivity index (χ1n) is 12.3. The molecule has 2 N–H and O–H groups in total. The molecule has 0 fully saturated rings. The highest BCUT2D eigenvalue weighted by Crippen LogP contribution is 2.34. The van der Waals surface area contributed by atoms with Gasteiger partial charge in [0.1, 0.15) is 12.2 Å². The predicted octanol–water partition coefficient (Wildman–Crippen LogP) is 4.16. The highest BCUT2D eigenvalue weighted by molar-refractivity contribution is 6.31. The number of carbonyl (C=O) groups is 1. The molecular formula is C27H24ClN9O2. The molecule has 1 atom stereocenters. The number of rotatable bonds is 5. The minimum atomic E-state index is -0.202. The number of H-pyrrole nitrogens is 1. The van der Waals surface area contributed by atoms with Crippen LogP contribution in [0.2, 0.25) is 5.02 Å². The first-order chi connectivity index (χ1) is 18.9. The molecule has 0 spiro atoms. The van der Waals surface area contributed by atoms with Crippen molar-refractivity contribution in [3.63, 3.8) is 0 Å². The van der Waals surface area contributed by atoms with Crippen LogP contribution in [-0.2, 0) is 6.42 Å². The number of halogens is 1. The summed E-state index contributed by atoms with van der Waals surface area (Å²) in [5, 5.41) is 14.8. The van der Waals surface area contributed by atoms with Crippen molar-refractivity contribution in [1.82, 2.24) is 39.6 Å². The molecule has 0 saturated heterocycles. The molecule has 0 aliphatic carbocycles. The quantitative estimate of drug-likeness (QED) is 0.344. The Morgan fingerprint density at radius 2 is 1.92 bits per heavy atom. The van der Waals surface area contributed by atoms with Gasteiger partial charge in [-0.2, -0.15) is 4.68 Å². The smallest absolute Gasteiger partial charge is 0.321 e. The Labute approximate surface area is 228 Å². The molecule has 0 bridgehead atoms. The third-order valence-corrected chi connectivity index (χ3v) is 7.00. The topological polar surface area (TPSA) is 127 Å². The van der Waals surface area contributed by atoms with Gasteiger partial charge in [-0.1, -0.05) is 23.7 Å². The molecule has 3 aromatic heterocycles. The number of nitrogens with one attached hydrogen (secondary N) is 2. The van der Waals surface area contributed by atoms with Gasteiger partial charge < -0.3 is 19.8 Å². The van der Waals surface area contributed by atoms with E-state index < -0.39 is 0 Å². The number of urea groups is 1. The number of benzene rings is 2. The lowest BCUT2D eigenvalue weighted by Gasteiger charge is -2.15. The zero-order chi connectivity index (χ0) is 27.1. The first kappa shape index (κ1) is 24.6. The van der Waals surface area contributed by atoms with Gasteiger partial charge in [0.15, 0.2) is 0 Å². The van der Waals surface area contributed by atoms with E-state index in [-0.39, 0.29) is 17.6 Å². The van der Waals surface area contributed by atoms with Gasteiger partial charge in [-0.15, -0.1) is 5.10 Å². The van der Waals surface area contributed by atoms with Crippen molar-refractivity contribution < 1.29 is 4.79 Å². The SMILES string of the molecule is CN(C)C(=O)Nc1ccc(-c2cnc([C@@H]3CCc4cc(-c5cc(Cl)ccc5-n5cnnn5)cc(=O)n43)[nH]2)cc1. The molecular weight excluding hydrogens is 518 g/mol. The molecule has 11 nitrogen and oxygen atoms in total. The van der Waals surface area contributed by atoms with Gasteiger partial charge in [0.05, 0.1) is 23.6 Å². The molecule has 0 radical (unpaired) electrons. The minimum absolute atomic E-state index is 0.119. The number of hydrogen-bond acceptors (Lipinski definition) is 6. The van der Waals surface area contributed by atoms with Crippen molar-refractivity contribution in [2.45, 2.75) is 18.9 Å². The number of hydrogen-bond donors (Lipinski definition) is 2. The van der Waals surface area contributed by atoms with Crippen molar-refractivity contribution in [3.8, 4) is 28.1 Å². The van der Waals surface area contributed by atoms with Crippen molar-refractivity contribution >= 4 is 23.3 Å². The Morgan fingerprint density at radius 3 is 2.67 bits per heavy atom. The lowest BCUT2D eigenvalue weighted by Crippen LogP contribution is -2.27. The van der Waals surface area contributed by atoms with E-state index in [0.29, 0.717) is 10.7 Å². The molecule has 2 amide bonds. The van der Waals surface area contributed by atoms with E-state index in [4.69, 9.17) is 11.6 Å². The van der Waals surface area contributed by atoms with Crippen LogP contribution in [0.25, 0.3) is 28.1 Å². The summed E-state index contributed by atoms with van der Waals surface area (Å²) in [6.45, 7) is 0. The number of imidazole rings is 1. The van der Waals surface area contributed by atoms with Crippen molar-refractivity contribution in [3.05, 3.63) is 94.0 Å². The van der Waals surface area contributed by atoms with Crippen LogP contribution < -0.4 is 10.9 Å². The van der Waals surface area contributed by atoms with E-state index in [1.165, 1.54) is 11.2 Å². The number of amides is 2. The Morgan fingerprint density at radius 1 is 1.10 bits per heavy atom. The molecule has 4 heterocycles. The molecule has 5 aromatic rings. The summed E-state index contributed by atoms with van der Waals surface area (Å²) in [5.41, 5.74) is 5.51. The van der Waals surface area contributed by atoms with E-state index in [1.807, 2.05) is 42.5 Å². The van der Waals surface area contributed by atoms with Crippen molar-refractivity contribution in [2.24, 2.45) is 0 Å². The monoisotopic (exact) mass is 541 g/mol. The maximum Gasteiger partial charge on any atom is 0.321 e. The van der Waals surface area contributed by atoms with E-state index in [1.54, 1.807) is 41.7 Å². The van der Waals surface area contributed by atoms with Crippen LogP contribution in [0.5, 0.6) is 0 Å². The van der Waals surface area contributed by atoms with Crippen LogP contribution in [0.4, 0.5) is 10.5 Å². The summed E-state index contributed by atoms with van der Waals surface area (Å²) in [7, 11) is 3.38. The Balaban J connectivity index is 1.29. The number of aryl methyl sites for hydroxylation is 1. The zero-order valence-corrected chi connectivity index (χ0v) is 21.9. The number of nitrogens with zero attached hydrogens (tertiary/aromatic N) is 7. The fourth-order valence-electron chi connectivity index (χ4n) is 4.84. The van der Waals surface area contributed by atoms with Crippen LogP contribution in [0.15, 0.2) is 71.9 Å². The number of anilines is 1. The molecule has 1 aliphatic heterocycles. The number of fused-ring (bicyclic) bond motifs is 1. The van der Waals surface area contributed by atoms with Crippen LogP contribution in [-0.4, -0.2) is 59.8 Å². The first-order valence-corrected chi connectivity index (χ1v) is 12.7. The average Bonchev–Trinajstić information content (AvgIpc) is 3.70. The minimum Gasteiger partial charge on any atom is -0.340 e. The van der Waals surface area contributed by atoms with E-state index in [2.05, 4.69) is 30.8 Å². The normalized spacial score (nSPS) is 14.3. The number of pyridine rings is 1. The summed E-state index contributed by atoms with van der Waals surface area (Å²) in [6, 6.07) is 16.2. The summed E-state index contributed by atoms with van der Waals surface area (Å²) in [6.07, 6.45) is 4.75. The van der Waals surface area contributed by atoms with Gasteiger partial charge in [0.2, 0.25) is 0 Å². The third kappa shape index (κ3) is 4.68. The Bertz CT molecular complexity index is 1720. The van der Waals surface area contributed by atoms with Gasteiger partial charge in [-0.3, -0.25) is 4.79 Å². The maximum atomic E-state index is 13.4. The second-order valence-corrected chi connectivity index (χ2v) is 9.93. The van der Waals surface area contributed by atoms with Crippen molar-refractivity contribution in [2.75, 3.05) is 19.4 Å². The molecule has 0 saturated carbocycles. The second-order valence-electron chi connectivity index (χ2n) is 9.50. The van der Waals surface area contributed by atoms with Gasteiger partial charge in [-0.25, -0.2) is 9.78 Å².